The molecule has 0 aliphatic heterocycles. The maximum absolute atomic E-state index is 13.1. The summed E-state index contributed by atoms with van der Waals surface area (Å²) >= 11 is 0. The maximum Gasteiger partial charge on any atom is 0.228 e. The van der Waals surface area contributed by atoms with Crippen LogP contribution >= 0.6 is 0 Å². The quantitative estimate of drug-likeness (QED) is 0.775. The number of halogens is 1. The van der Waals surface area contributed by atoms with Gasteiger partial charge in [0, 0.05) is 5.69 Å². The number of carbonyl (C=O) groups is 1. The molecule has 0 aliphatic carbocycles. The molecular weight excluding hydrogens is 281 g/mol. The molecule has 3 aromatic rings. The highest BCUT2D eigenvalue weighted by Crippen LogP contribution is 2.18. The second kappa shape index (κ2) is 6.22. The Hall–Kier alpha value is -2.95. The van der Waals surface area contributed by atoms with Gasteiger partial charge in [0.25, 0.3) is 0 Å². The summed E-state index contributed by atoms with van der Waals surface area (Å²) in [7, 11) is 0. The minimum atomic E-state index is -0.339. The zero-order valence-corrected chi connectivity index (χ0v) is 11.7. The molecule has 2 N–H and O–H groups in total. The molecule has 22 heavy (non-hydrogen) atoms. The normalized spacial score (nSPS) is 10.4. The van der Waals surface area contributed by atoms with E-state index >= 15 is 0 Å². The van der Waals surface area contributed by atoms with Gasteiger partial charge in [0.1, 0.15) is 5.82 Å². The SMILES string of the molecule is O=C(Cc1cccc(F)c1)Nc1ccc(-c2cnc[nH]2)cc1. The molecule has 0 saturated carbocycles. The molecule has 1 heterocycles. The van der Waals surface area contributed by atoms with Gasteiger partial charge in [0.2, 0.25) is 5.91 Å². The number of imidazole rings is 1. The number of hydrogen-bond acceptors (Lipinski definition) is 2. The van der Waals surface area contributed by atoms with E-state index in [2.05, 4.69) is 15.3 Å². The van der Waals surface area contributed by atoms with Gasteiger partial charge in [-0.25, -0.2) is 9.37 Å². The fourth-order valence-corrected chi connectivity index (χ4v) is 2.18. The van der Waals surface area contributed by atoms with Crippen molar-refractivity contribution in [1.82, 2.24) is 9.97 Å². The summed E-state index contributed by atoms with van der Waals surface area (Å²) in [6, 6.07) is 13.5. The zero-order chi connectivity index (χ0) is 15.4. The molecule has 0 bridgehead atoms. The number of H-pyrrole nitrogens is 1. The van der Waals surface area contributed by atoms with Crippen LogP contribution in [0.5, 0.6) is 0 Å². The minimum Gasteiger partial charge on any atom is -0.345 e. The van der Waals surface area contributed by atoms with E-state index in [1.54, 1.807) is 24.7 Å². The van der Waals surface area contributed by atoms with Crippen LogP contribution < -0.4 is 5.32 Å². The van der Waals surface area contributed by atoms with Crippen LogP contribution in [0.4, 0.5) is 10.1 Å². The molecule has 4 nitrogen and oxygen atoms in total. The first-order valence-corrected chi connectivity index (χ1v) is 6.84. The lowest BCUT2D eigenvalue weighted by Crippen LogP contribution is -2.14. The van der Waals surface area contributed by atoms with Crippen LogP contribution in [0.1, 0.15) is 5.56 Å². The Kier molecular flexibility index (Phi) is 3.96. The molecule has 3 rings (SSSR count). The number of aromatic amines is 1. The van der Waals surface area contributed by atoms with Crippen molar-refractivity contribution in [3.8, 4) is 11.3 Å². The van der Waals surface area contributed by atoms with Gasteiger partial charge in [-0.1, -0.05) is 24.3 Å². The highest BCUT2D eigenvalue weighted by molar-refractivity contribution is 5.92. The molecule has 1 aromatic heterocycles. The van der Waals surface area contributed by atoms with Crippen molar-refractivity contribution in [3.05, 3.63) is 72.4 Å². The molecule has 0 unspecified atom stereocenters. The smallest absolute Gasteiger partial charge is 0.228 e. The summed E-state index contributed by atoms with van der Waals surface area (Å²) in [6.07, 6.45) is 3.49. The summed E-state index contributed by atoms with van der Waals surface area (Å²) in [5.41, 5.74) is 3.24. The van der Waals surface area contributed by atoms with Gasteiger partial charge in [-0.15, -0.1) is 0 Å². The number of rotatable bonds is 4. The van der Waals surface area contributed by atoms with Gasteiger partial charge in [-0.3, -0.25) is 4.79 Å². The summed E-state index contributed by atoms with van der Waals surface area (Å²) in [6.45, 7) is 0. The molecule has 0 radical (unpaired) electrons. The van der Waals surface area contributed by atoms with Crippen molar-refractivity contribution in [2.24, 2.45) is 0 Å². The topological polar surface area (TPSA) is 57.8 Å². The fourth-order valence-electron chi connectivity index (χ4n) is 2.18. The number of nitrogens with zero attached hydrogens (tertiary/aromatic N) is 1. The van der Waals surface area contributed by atoms with Crippen molar-refractivity contribution in [3.63, 3.8) is 0 Å². The van der Waals surface area contributed by atoms with E-state index in [9.17, 15) is 9.18 Å². The Labute approximate surface area is 127 Å². The van der Waals surface area contributed by atoms with E-state index in [0.717, 1.165) is 11.3 Å². The summed E-state index contributed by atoms with van der Waals surface area (Å²) in [5.74, 6) is -0.519. The van der Waals surface area contributed by atoms with Crippen LogP contribution in [0.3, 0.4) is 0 Å². The lowest BCUT2D eigenvalue weighted by Gasteiger charge is -2.06. The number of carbonyl (C=O) groups excluding carboxylic acids is 1. The Morgan fingerprint density at radius 1 is 1.18 bits per heavy atom. The third-order valence-electron chi connectivity index (χ3n) is 3.23. The van der Waals surface area contributed by atoms with Crippen LogP contribution in [0, 0.1) is 5.82 Å². The molecule has 0 atom stereocenters. The molecular formula is C17H14FN3O. The number of aromatic nitrogens is 2. The molecule has 0 spiro atoms. The monoisotopic (exact) mass is 295 g/mol. The molecule has 0 fully saturated rings. The largest absolute Gasteiger partial charge is 0.345 e. The van der Waals surface area contributed by atoms with Crippen molar-refractivity contribution in [2.45, 2.75) is 6.42 Å². The summed E-state index contributed by atoms with van der Waals surface area (Å²) in [5, 5.41) is 2.80. The lowest BCUT2D eigenvalue weighted by atomic mass is 10.1. The minimum absolute atomic E-state index is 0.139. The van der Waals surface area contributed by atoms with E-state index in [1.165, 1.54) is 12.1 Å². The Bertz CT molecular complexity index is 767. The Morgan fingerprint density at radius 2 is 2.00 bits per heavy atom. The van der Waals surface area contributed by atoms with Crippen molar-refractivity contribution >= 4 is 11.6 Å². The van der Waals surface area contributed by atoms with Gasteiger partial charge < -0.3 is 10.3 Å². The average molecular weight is 295 g/mol. The number of hydrogen-bond donors (Lipinski definition) is 2. The molecule has 5 heteroatoms. The Morgan fingerprint density at radius 3 is 2.68 bits per heavy atom. The van der Waals surface area contributed by atoms with E-state index in [0.29, 0.717) is 11.3 Å². The second-order valence-corrected chi connectivity index (χ2v) is 4.90. The van der Waals surface area contributed by atoms with Gasteiger partial charge in [-0.2, -0.15) is 0 Å². The molecule has 0 aliphatic rings. The van der Waals surface area contributed by atoms with Gasteiger partial charge >= 0.3 is 0 Å². The third kappa shape index (κ3) is 3.38. The number of nitrogens with one attached hydrogen (secondary N) is 2. The standard InChI is InChI=1S/C17H14FN3O/c18-14-3-1-2-12(8-14)9-17(22)21-15-6-4-13(5-7-15)16-10-19-11-20-16/h1-8,10-11H,9H2,(H,19,20)(H,21,22). The first-order valence-electron chi connectivity index (χ1n) is 6.84. The highest BCUT2D eigenvalue weighted by atomic mass is 19.1. The van der Waals surface area contributed by atoms with Crippen LogP contribution in [-0.2, 0) is 11.2 Å². The van der Waals surface area contributed by atoms with Crippen molar-refractivity contribution < 1.29 is 9.18 Å². The highest BCUT2D eigenvalue weighted by Gasteiger charge is 2.05. The average Bonchev–Trinajstić information content (AvgIpc) is 3.02. The fraction of sp³-hybridized carbons (Fsp3) is 0.0588. The predicted molar refractivity (Wildman–Crippen MR) is 82.8 cm³/mol. The van der Waals surface area contributed by atoms with E-state index in [4.69, 9.17) is 0 Å². The predicted octanol–water partition coefficient (Wildman–Crippen LogP) is 3.40. The number of anilines is 1. The number of amides is 1. The molecule has 110 valence electrons. The Balaban J connectivity index is 1.64. The van der Waals surface area contributed by atoms with Crippen LogP contribution in [0.15, 0.2) is 61.1 Å². The molecule has 0 saturated heterocycles. The summed E-state index contributed by atoms with van der Waals surface area (Å²) < 4.78 is 13.1. The number of benzene rings is 2. The van der Waals surface area contributed by atoms with Crippen molar-refractivity contribution in [2.75, 3.05) is 5.32 Å². The van der Waals surface area contributed by atoms with Crippen LogP contribution in [0.25, 0.3) is 11.3 Å². The zero-order valence-electron chi connectivity index (χ0n) is 11.7. The second-order valence-electron chi connectivity index (χ2n) is 4.90. The van der Waals surface area contributed by atoms with Crippen LogP contribution in [-0.4, -0.2) is 15.9 Å². The van der Waals surface area contributed by atoms with E-state index in [-0.39, 0.29) is 18.1 Å². The van der Waals surface area contributed by atoms with Crippen molar-refractivity contribution in [1.29, 1.82) is 0 Å². The van der Waals surface area contributed by atoms with Crippen LogP contribution in [0.2, 0.25) is 0 Å². The maximum atomic E-state index is 13.1. The van der Waals surface area contributed by atoms with E-state index in [1.807, 2.05) is 24.3 Å². The first kappa shape index (κ1) is 14.0. The molecule has 2 aromatic carbocycles. The first-order chi connectivity index (χ1) is 10.7. The van der Waals surface area contributed by atoms with Gasteiger partial charge in [0.05, 0.1) is 24.6 Å². The summed E-state index contributed by atoms with van der Waals surface area (Å²) in [4.78, 5) is 18.9. The van der Waals surface area contributed by atoms with Gasteiger partial charge in [-0.05, 0) is 35.4 Å². The lowest BCUT2D eigenvalue weighted by molar-refractivity contribution is -0.115. The van der Waals surface area contributed by atoms with E-state index < -0.39 is 0 Å². The third-order valence-corrected chi connectivity index (χ3v) is 3.23. The molecule has 1 amide bonds. The van der Waals surface area contributed by atoms with Gasteiger partial charge in [0.15, 0.2) is 0 Å².